The Hall–Kier alpha value is -0.828. The molecule has 6 heteroatoms. The Morgan fingerprint density at radius 1 is 1.26 bits per heavy atom. The molecule has 0 unspecified atom stereocenters. The second-order valence-electron chi connectivity index (χ2n) is 5.22. The minimum absolute atomic E-state index is 0. The quantitative estimate of drug-likeness (QED) is 0.621. The molecule has 1 N–H and O–H groups in total. The van der Waals surface area contributed by atoms with E-state index < -0.39 is 5.97 Å². The van der Waals surface area contributed by atoms with Crippen molar-refractivity contribution in [1.82, 2.24) is 0 Å². The van der Waals surface area contributed by atoms with Crippen molar-refractivity contribution in [3.8, 4) is 5.75 Å². The molecular formula is C17H19AcNO4. The van der Waals surface area contributed by atoms with Gasteiger partial charge in [0.05, 0.1) is 25.4 Å². The van der Waals surface area contributed by atoms with Gasteiger partial charge in [0.15, 0.2) is 0 Å². The van der Waals surface area contributed by atoms with Crippen LogP contribution in [0.25, 0.3) is 10.8 Å². The SMILES string of the molecule is CCOC(=O)c1cc(O)c2cc(N3CCOCC3)ccc2c1.[Ac]. The number of benzene rings is 2. The summed E-state index contributed by atoms with van der Waals surface area (Å²) in [6, 6.07) is 9.08. The van der Waals surface area contributed by atoms with E-state index in [9.17, 15) is 9.90 Å². The molecule has 1 aliphatic heterocycles. The molecule has 1 heterocycles. The standard InChI is InChI=1S/C17H19NO4.Ac/c1-2-22-17(20)13-9-12-3-4-14(11-15(12)16(19)10-13)18-5-7-21-8-6-18;/h3-4,9-11,19H,2,5-8H2,1H3;. The third kappa shape index (κ3) is 4.18. The number of rotatable bonds is 3. The predicted octanol–water partition coefficient (Wildman–Crippen LogP) is 2.56. The van der Waals surface area contributed by atoms with Gasteiger partial charge in [-0.05, 0) is 36.6 Å². The molecule has 2 aromatic rings. The number of morpholine rings is 1. The molecule has 0 bridgehead atoms. The fraction of sp³-hybridized carbons (Fsp3) is 0.353. The predicted molar refractivity (Wildman–Crippen MR) is 84.6 cm³/mol. The van der Waals surface area contributed by atoms with Crippen LogP contribution in [0.4, 0.5) is 5.69 Å². The maximum Gasteiger partial charge on any atom is 0.338 e. The molecule has 23 heavy (non-hydrogen) atoms. The Kier molecular flexibility index (Phi) is 6.70. The number of esters is 1. The minimum atomic E-state index is -0.419. The van der Waals surface area contributed by atoms with Gasteiger partial charge in [0, 0.05) is 68.2 Å². The Morgan fingerprint density at radius 3 is 2.70 bits per heavy atom. The van der Waals surface area contributed by atoms with E-state index in [1.165, 1.54) is 6.07 Å². The van der Waals surface area contributed by atoms with Crippen LogP contribution >= 0.6 is 0 Å². The summed E-state index contributed by atoms with van der Waals surface area (Å²) < 4.78 is 10.3. The molecule has 0 aromatic heterocycles. The van der Waals surface area contributed by atoms with Crippen molar-refractivity contribution in [1.29, 1.82) is 0 Å². The first-order chi connectivity index (χ1) is 10.7. The maximum atomic E-state index is 11.8. The number of hydrogen-bond donors (Lipinski definition) is 1. The molecule has 1 aliphatic rings. The van der Waals surface area contributed by atoms with E-state index >= 15 is 0 Å². The van der Waals surface area contributed by atoms with Crippen molar-refractivity contribution in [2.45, 2.75) is 6.92 Å². The zero-order chi connectivity index (χ0) is 15.5. The van der Waals surface area contributed by atoms with E-state index in [2.05, 4.69) is 4.90 Å². The van der Waals surface area contributed by atoms with E-state index in [1.54, 1.807) is 13.0 Å². The topological polar surface area (TPSA) is 59.0 Å². The normalized spacial score (nSPS) is 14.4. The molecule has 3 rings (SSSR count). The van der Waals surface area contributed by atoms with E-state index in [0.29, 0.717) is 25.4 Å². The second kappa shape index (κ2) is 8.32. The van der Waals surface area contributed by atoms with E-state index in [-0.39, 0.29) is 49.8 Å². The average molecular weight is 528 g/mol. The van der Waals surface area contributed by atoms with Crippen LogP contribution in [0.2, 0.25) is 0 Å². The van der Waals surface area contributed by atoms with Crippen molar-refractivity contribution in [2.75, 3.05) is 37.8 Å². The number of carbonyl (C=O) groups excluding carboxylic acids is 1. The van der Waals surface area contributed by atoms with Crippen molar-refractivity contribution in [2.24, 2.45) is 0 Å². The minimum Gasteiger partial charge on any atom is -0.507 e. The molecule has 1 saturated heterocycles. The first-order valence-corrected chi connectivity index (χ1v) is 7.45. The van der Waals surface area contributed by atoms with Crippen molar-refractivity contribution >= 4 is 22.4 Å². The molecular weight excluding hydrogens is 509 g/mol. The number of ether oxygens (including phenoxy) is 2. The summed E-state index contributed by atoms with van der Waals surface area (Å²) in [6.45, 7) is 5.18. The summed E-state index contributed by atoms with van der Waals surface area (Å²) >= 11 is 0. The molecule has 1 radical (unpaired) electrons. The van der Waals surface area contributed by atoms with E-state index in [4.69, 9.17) is 9.47 Å². The first kappa shape index (κ1) is 18.5. The monoisotopic (exact) mass is 528 g/mol. The Balaban J connectivity index is 0.00000192. The summed E-state index contributed by atoms with van der Waals surface area (Å²) in [7, 11) is 0. The van der Waals surface area contributed by atoms with Crippen LogP contribution in [0.5, 0.6) is 5.75 Å². The van der Waals surface area contributed by atoms with E-state index in [1.807, 2.05) is 18.2 Å². The zero-order valence-electron chi connectivity index (χ0n) is 13.1. The molecule has 2 aromatic carbocycles. The third-order valence-corrected chi connectivity index (χ3v) is 3.80. The van der Waals surface area contributed by atoms with Crippen LogP contribution in [0.3, 0.4) is 0 Å². The van der Waals surface area contributed by atoms with Crippen LogP contribution in [0.1, 0.15) is 17.3 Å². The summed E-state index contributed by atoms with van der Waals surface area (Å²) in [6.07, 6.45) is 0. The van der Waals surface area contributed by atoms with Crippen LogP contribution in [-0.4, -0.2) is 44.0 Å². The number of phenolic OH excluding ortho intramolecular Hbond substituents is 1. The summed E-state index contributed by atoms with van der Waals surface area (Å²) in [4.78, 5) is 14.0. The fourth-order valence-electron chi connectivity index (χ4n) is 2.68. The van der Waals surface area contributed by atoms with Crippen molar-refractivity contribution in [3.63, 3.8) is 0 Å². The Labute approximate surface area is 171 Å². The number of fused-ring (bicyclic) bond motifs is 1. The van der Waals surface area contributed by atoms with Gasteiger partial charge in [0.2, 0.25) is 0 Å². The molecule has 0 atom stereocenters. The number of phenols is 1. The summed E-state index contributed by atoms with van der Waals surface area (Å²) in [5.74, 6) is -0.326. The van der Waals surface area contributed by atoms with Gasteiger partial charge in [-0.15, -0.1) is 0 Å². The van der Waals surface area contributed by atoms with Crippen molar-refractivity contribution in [3.05, 3.63) is 35.9 Å². The van der Waals surface area contributed by atoms with Gasteiger partial charge in [-0.2, -0.15) is 0 Å². The molecule has 5 nitrogen and oxygen atoms in total. The number of anilines is 1. The third-order valence-electron chi connectivity index (χ3n) is 3.80. The largest absolute Gasteiger partial charge is 0.507 e. The number of carbonyl (C=O) groups is 1. The van der Waals surface area contributed by atoms with Gasteiger partial charge in [-0.1, -0.05) is 6.07 Å². The molecule has 0 aliphatic carbocycles. The number of nitrogens with zero attached hydrogens (tertiary/aromatic N) is 1. The number of aromatic hydroxyl groups is 1. The number of hydrogen-bond acceptors (Lipinski definition) is 5. The van der Waals surface area contributed by atoms with Gasteiger partial charge < -0.3 is 19.5 Å². The van der Waals surface area contributed by atoms with Crippen molar-refractivity contribution < 1.29 is 63.4 Å². The van der Waals surface area contributed by atoms with Gasteiger partial charge in [0.25, 0.3) is 0 Å². The van der Waals surface area contributed by atoms with Gasteiger partial charge in [0.1, 0.15) is 5.75 Å². The molecule has 1 fully saturated rings. The van der Waals surface area contributed by atoms with Crippen LogP contribution in [-0.2, 0) is 9.47 Å². The Morgan fingerprint density at radius 2 is 2.00 bits per heavy atom. The Bertz CT molecular complexity index is 698. The first-order valence-electron chi connectivity index (χ1n) is 7.45. The van der Waals surface area contributed by atoms with Gasteiger partial charge >= 0.3 is 5.97 Å². The van der Waals surface area contributed by atoms with Gasteiger partial charge in [-0.3, -0.25) is 0 Å². The van der Waals surface area contributed by atoms with Crippen LogP contribution in [0, 0.1) is 44.1 Å². The van der Waals surface area contributed by atoms with Crippen LogP contribution < -0.4 is 4.90 Å². The summed E-state index contributed by atoms with van der Waals surface area (Å²) in [5.41, 5.74) is 1.42. The zero-order valence-corrected chi connectivity index (χ0v) is 17.9. The summed E-state index contributed by atoms with van der Waals surface area (Å²) in [5, 5.41) is 11.8. The van der Waals surface area contributed by atoms with Crippen LogP contribution in [0.15, 0.2) is 30.3 Å². The van der Waals surface area contributed by atoms with Gasteiger partial charge in [-0.25, -0.2) is 4.79 Å². The second-order valence-corrected chi connectivity index (χ2v) is 5.22. The average Bonchev–Trinajstić information content (AvgIpc) is 2.55. The van der Waals surface area contributed by atoms with E-state index in [0.717, 1.165) is 29.5 Å². The molecule has 0 saturated carbocycles. The molecule has 119 valence electrons. The maximum absolute atomic E-state index is 11.8. The smallest absolute Gasteiger partial charge is 0.338 e. The molecule has 0 amide bonds. The fourth-order valence-corrected chi connectivity index (χ4v) is 2.68. The molecule has 0 spiro atoms.